The van der Waals surface area contributed by atoms with Gasteiger partial charge in [0.2, 0.25) is 0 Å². The monoisotopic (exact) mass is 153 g/mol. The van der Waals surface area contributed by atoms with Gasteiger partial charge in [-0.3, -0.25) is 4.79 Å². The quantitative estimate of drug-likeness (QED) is 0.358. The zero-order chi connectivity index (χ0) is 7.70. The molecule has 5 N–H and O–H groups in total. The van der Waals surface area contributed by atoms with Crippen LogP contribution in [0.25, 0.3) is 0 Å². The Kier molecular flexibility index (Phi) is 25.5. The maximum Gasteiger partial charge on any atom is 0.302 e. The lowest BCUT2D eigenvalue weighted by atomic mass is 10.8. The zero-order valence-electron chi connectivity index (χ0n) is 6.26. The second-order valence-corrected chi connectivity index (χ2v) is 1.11. The maximum absolute atomic E-state index is 9.82. The van der Waals surface area contributed by atoms with Gasteiger partial charge >= 0.3 is 5.97 Å². The lowest BCUT2D eigenvalue weighted by Crippen LogP contribution is -1.95. The van der Waals surface area contributed by atoms with Crippen LogP contribution in [0.3, 0.4) is 0 Å². The van der Waals surface area contributed by atoms with Crippen molar-refractivity contribution in [3.05, 3.63) is 0 Å². The molecule has 0 saturated carbocycles. The van der Waals surface area contributed by atoms with Crippen LogP contribution in [0.1, 0.15) is 13.8 Å². The van der Waals surface area contributed by atoms with Gasteiger partial charge in [0.1, 0.15) is 0 Å². The van der Waals surface area contributed by atoms with Gasteiger partial charge in [0.15, 0.2) is 0 Å². The van der Waals surface area contributed by atoms with E-state index in [9.17, 15) is 4.79 Å². The number of ether oxygens (including phenoxy) is 1. The molecule has 0 bridgehead atoms. The Hall–Kier alpha value is -0.650. The van der Waals surface area contributed by atoms with Gasteiger partial charge in [0.05, 0.1) is 13.3 Å². The van der Waals surface area contributed by atoms with E-state index in [-0.39, 0.29) is 18.2 Å². The third kappa shape index (κ3) is 53.7. The average Bonchev–Trinajstić information content (AvgIpc) is 1.67. The Labute approximate surface area is 60.1 Å². The second-order valence-electron chi connectivity index (χ2n) is 1.11. The van der Waals surface area contributed by atoms with Crippen LogP contribution in [0.5, 0.6) is 0 Å². The normalized spacial score (nSPS) is 6.40. The number of aliphatic hydroxyl groups is 1. The summed E-state index contributed by atoms with van der Waals surface area (Å²) in [6.07, 6.45) is 0. The fourth-order valence-corrected chi connectivity index (χ4v) is 0.203. The van der Waals surface area contributed by atoms with Gasteiger partial charge in [0.25, 0.3) is 0 Å². The minimum Gasteiger partial charge on any atom is -0.466 e. The summed E-state index contributed by atoms with van der Waals surface area (Å²) < 4.78 is 4.40. The maximum atomic E-state index is 9.82. The van der Waals surface area contributed by atoms with E-state index < -0.39 is 0 Å². The summed E-state index contributed by atoms with van der Waals surface area (Å²) in [5, 5.41) is 7.35. The minimum atomic E-state index is -0.250. The van der Waals surface area contributed by atoms with Crippen LogP contribution in [0, 0.1) is 0 Å². The molecule has 64 valence electrons. The first-order chi connectivity index (χ1) is 4.18. The molecule has 5 heteroatoms. The molecule has 0 rings (SSSR count). The molecule has 5 nitrogen and oxygen atoms in total. The molecule has 0 aliphatic heterocycles. The Morgan fingerprint density at radius 1 is 1.70 bits per heavy atom. The predicted molar refractivity (Wildman–Crippen MR) is 37.2 cm³/mol. The Morgan fingerprint density at radius 3 is 2.00 bits per heavy atom. The van der Waals surface area contributed by atoms with Crippen molar-refractivity contribution in [1.82, 2.24) is 0 Å². The molecule has 0 saturated heterocycles. The highest BCUT2D eigenvalue weighted by atomic mass is 16.5. The van der Waals surface area contributed by atoms with Crippen molar-refractivity contribution in [3.63, 3.8) is 0 Å². The second kappa shape index (κ2) is 15.8. The number of aliphatic hydroxyl groups excluding tert-OH is 1. The van der Waals surface area contributed by atoms with Crippen molar-refractivity contribution in [2.45, 2.75) is 13.8 Å². The van der Waals surface area contributed by atoms with E-state index in [4.69, 9.17) is 5.11 Å². The molecule has 0 unspecified atom stereocenters. The fourth-order valence-electron chi connectivity index (χ4n) is 0.203. The summed E-state index contributed by atoms with van der Waals surface area (Å²) in [6.45, 7) is 3.40. The average molecular weight is 153 g/mol. The van der Waals surface area contributed by atoms with Gasteiger partial charge in [-0.2, -0.15) is 0 Å². The lowest BCUT2D eigenvalue weighted by Gasteiger charge is -1.89. The van der Waals surface area contributed by atoms with E-state index in [1.165, 1.54) is 6.92 Å². The number of nitrogens with two attached hydrogens (primary N) is 1. The third-order valence-electron chi connectivity index (χ3n) is 0.348. The van der Waals surface area contributed by atoms with E-state index in [2.05, 4.69) is 10.5 Å². The summed E-state index contributed by atoms with van der Waals surface area (Å²) in [4.78, 5) is 9.82. The Morgan fingerprint density at radius 2 is 2.00 bits per heavy atom. The molecule has 0 aromatic rings. The molecule has 0 amide bonds. The van der Waals surface area contributed by atoms with Crippen LogP contribution >= 0.6 is 0 Å². The van der Waals surface area contributed by atoms with Gasteiger partial charge in [0, 0.05) is 6.92 Å². The summed E-state index contributed by atoms with van der Waals surface area (Å²) in [6, 6.07) is 0. The van der Waals surface area contributed by atoms with Crippen molar-refractivity contribution in [1.29, 1.82) is 0 Å². The van der Waals surface area contributed by atoms with Crippen LogP contribution in [0.4, 0.5) is 0 Å². The molecule has 0 heterocycles. The number of hydrogen-bond acceptors (Lipinski definition) is 4. The highest BCUT2D eigenvalue weighted by Crippen LogP contribution is 1.69. The highest BCUT2D eigenvalue weighted by molar-refractivity contribution is 5.65. The first-order valence-corrected chi connectivity index (χ1v) is 2.63. The first kappa shape index (κ1) is 16.2. The topological polar surface area (TPSA) is 104 Å². The molecule has 0 aliphatic carbocycles. The molecule has 10 heavy (non-hydrogen) atoms. The molecule has 0 atom stereocenters. The van der Waals surface area contributed by atoms with Crippen LogP contribution in [0.2, 0.25) is 0 Å². The molecular weight excluding hydrogens is 138 g/mol. The van der Waals surface area contributed by atoms with E-state index in [1.54, 1.807) is 6.92 Å². The van der Waals surface area contributed by atoms with Gasteiger partial charge in [-0.25, -0.2) is 0 Å². The van der Waals surface area contributed by atoms with Gasteiger partial charge in [-0.1, -0.05) is 0 Å². The van der Waals surface area contributed by atoms with Crippen molar-refractivity contribution in [3.8, 4) is 0 Å². The Bertz CT molecular complexity index is 66.7. The van der Waals surface area contributed by atoms with E-state index >= 15 is 0 Å². The van der Waals surface area contributed by atoms with Crippen LogP contribution in [-0.4, -0.2) is 29.9 Å². The van der Waals surface area contributed by atoms with Gasteiger partial charge < -0.3 is 21.1 Å². The number of carbonyl (C=O) groups excluding carboxylic acids is 1. The third-order valence-corrected chi connectivity index (χ3v) is 0.348. The van der Waals surface area contributed by atoms with Crippen molar-refractivity contribution in [2.24, 2.45) is 5.73 Å². The van der Waals surface area contributed by atoms with Gasteiger partial charge in [-0.05, 0) is 6.92 Å². The van der Waals surface area contributed by atoms with E-state index in [0.717, 1.165) is 0 Å². The SMILES string of the molecule is CCOC(C)=O.NCO.O. The van der Waals surface area contributed by atoms with E-state index in [1.807, 2.05) is 0 Å². The number of esters is 1. The van der Waals surface area contributed by atoms with Crippen molar-refractivity contribution < 1.29 is 20.1 Å². The van der Waals surface area contributed by atoms with Crippen molar-refractivity contribution in [2.75, 3.05) is 13.3 Å². The van der Waals surface area contributed by atoms with Crippen LogP contribution in [-0.2, 0) is 9.53 Å². The molecule has 0 aromatic heterocycles. The first-order valence-electron chi connectivity index (χ1n) is 2.63. The lowest BCUT2D eigenvalue weighted by molar-refractivity contribution is -0.140. The smallest absolute Gasteiger partial charge is 0.302 e. The summed E-state index contributed by atoms with van der Waals surface area (Å²) >= 11 is 0. The summed E-state index contributed by atoms with van der Waals surface area (Å²) in [5.41, 5.74) is 4.40. The molecular formula is C5H15NO4. The van der Waals surface area contributed by atoms with Crippen LogP contribution in [0.15, 0.2) is 0 Å². The zero-order valence-corrected chi connectivity index (χ0v) is 6.26. The largest absolute Gasteiger partial charge is 0.466 e. The number of hydrogen-bond donors (Lipinski definition) is 2. The minimum absolute atomic E-state index is 0. The number of rotatable bonds is 1. The molecule has 0 aromatic carbocycles. The van der Waals surface area contributed by atoms with E-state index in [0.29, 0.717) is 6.61 Å². The standard InChI is InChI=1S/C4H8O2.CH5NO.H2O/c1-3-6-4(2)5;2-1-3;/h3H2,1-2H3;3H,1-2H2;1H2. The molecule has 0 radical (unpaired) electrons. The molecule has 0 spiro atoms. The highest BCUT2D eigenvalue weighted by Gasteiger charge is 1.81. The summed E-state index contributed by atoms with van der Waals surface area (Å²) in [5.74, 6) is -0.211. The Balaban J connectivity index is -0.000000107. The predicted octanol–water partition coefficient (Wildman–Crippen LogP) is -1.36. The van der Waals surface area contributed by atoms with Crippen LogP contribution < -0.4 is 5.73 Å². The fraction of sp³-hybridized carbons (Fsp3) is 0.800. The molecule has 0 aliphatic rings. The van der Waals surface area contributed by atoms with Crippen molar-refractivity contribution >= 4 is 5.97 Å². The molecule has 0 fully saturated rings. The number of carbonyl (C=O) groups is 1. The summed E-state index contributed by atoms with van der Waals surface area (Å²) in [7, 11) is 0. The van der Waals surface area contributed by atoms with Gasteiger partial charge in [-0.15, -0.1) is 0 Å².